The van der Waals surface area contributed by atoms with Crippen molar-refractivity contribution in [3.05, 3.63) is 48.6 Å². The van der Waals surface area contributed by atoms with Crippen LogP contribution in [0.5, 0.6) is 0 Å². The molecule has 0 bridgehead atoms. The standard InChI is InChI=1S/C17H22O4/c1-4-17(16(19)21-6-3,13-12-15(18)20-5-2)14-10-8-7-9-11-14/h4,7-11H,1,5-6,12-13H2,2-3H3/t17-/m0/s1. The van der Waals surface area contributed by atoms with E-state index in [1.165, 1.54) is 0 Å². The molecule has 4 heteroatoms. The first-order chi connectivity index (χ1) is 10.1. The highest BCUT2D eigenvalue weighted by molar-refractivity contribution is 5.86. The van der Waals surface area contributed by atoms with Gasteiger partial charge in [-0.2, -0.15) is 0 Å². The molecule has 0 aliphatic rings. The van der Waals surface area contributed by atoms with Crippen molar-refractivity contribution >= 4 is 11.9 Å². The Morgan fingerprint density at radius 2 is 1.76 bits per heavy atom. The average Bonchev–Trinajstić information content (AvgIpc) is 2.50. The van der Waals surface area contributed by atoms with Gasteiger partial charge in [-0.1, -0.05) is 36.4 Å². The van der Waals surface area contributed by atoms with Crippen LogP contribution in [-0.2, 0) is 24.5 Å². The highest BCUT2D eigenvalue weighted by atomic mass is 16.5. The van der Waals surface area contributed by atoms with Crippen LogP contribution in [0, 0.1) is 0 Å². The first-order valence-electron chi connectivity index (χ1n) is 7.12. The van der Waals surface area contributed by atoms with Gasteiger partial charge in [-0.25, -0.2) is 0 Å². The zero-order valence-electron chi connectivity index (χ0n) is 12.6. The number of hydrogen-bond acceptors (Lipinski definition) is 4. The van der Waals surface area contributed by atoms with Crippen molar-refractivity contribution in [2.45, 2.75) is 32.1 Å². The predicted octanol–water partition coefficient (Wildman–Crippen LogP) is 3.02. The van der Waals surface area contributed by atoms with Gasteiger partial charge in [-0.3, -0.25) is 9.59 Å². The Labute approximate surface area is 125 Å². The second-order valence-corrected chi connectivity index (χ2v) is 4.57. The van der Waals surface area contributed by atoms with Gasteiger partial charge in [0.25, 0.3) is 0 Å². The lowest BCUT2D eigenvalue weighted by molar-refractivity contribution is -0.149. The Bertz CT molecular complexity index is 481. The van der Waals surface area contributed by atoms with E-state index in [1.54, 1.807) is 19.9 Å². The second kappa shape index (κ2) is 8.25. The zero-order valence-corrected chi connectivity index (χ0v) is 12.6. The molecule has 4 nitrogen and oxygen atoms in total. The van der Waals surface area contributed by atoms with Crippen LogP contribution in [0.2, 0.25) is 0 Å². The fraction of sp³-hybridized carbons (Fsp3) is 0.412. The largest absolute Gasteiger partial charge is 0.466 e. The third kappa shape index (κ3) is 4.18. The van der Waals surface area contributed by atoms with Crippen molar-refractivity contribution < 1.29 is 19.1 Å². The molecule has 1 aromatic rings. The lowest BCUT2D eigenvalue weighted by Crippen LogP contribution is -2.36. The molecule has 0 amide bonds. The van der Waals surface area contributed by atoms with Gasteiger partial charge >= 0.3 is 11.9 Å². The summed E-state index contributed by atoms with van der Waals surface area (Å²) in [5.41, 5.74) is -0.257. The van der Waals surface area contributed by atoms with Crippen molar-refractivity contribution in [3.63, 3.8) is 0 Å². The van der Waals surface area contributed by atoms with Crippen molar-refractivity contribution in [2.24, 2.45) is 0 Å². The van der Waals surface area contributed by atoms with E-state index in [2.05, 4.69) is 6.58 Å². The molecule has 0 heterocycles. The molecule has 0 unspecified atom stereocenters. The maximum atomic E-state index is 12.4. The van der Waals surface area contributed by atoms with Gasteiger partial charge in [0.05, 0.1) is 13.2 Å². The molecule has 0 spiro atoms. The van der Waals surface area contributed by atoms with Crippen LogP contribution in [-0.4, -0.2) is 25.2 Å². The molecule has 114 valence electrons. The summed E-state index contributed by atoms with van der Waals surface area (Å²) in [6.45, 7) is 7.89. The van der Waals surface area contributed by atoms with Crippen LogP contribution >= 0.6 is 0 Å². The highest BCUT2D eigenvalue weighted by Crippen LogP contribution is 2.32. The minimum atomic E-state index is -1.02. The van der Waals surface area contributed by atoms with Gasteiger partial charge in [0, 0.05) is 6.42 Å². The van der Waals surface area contributed by atoms with Gasteiger partial charge < -0.3 is 9.47 Å². The van der Waals surface area contributed by atoms with Crippen LogP contribution in [0.4, 0.5) is 0 Å². The van der Waals surface area contributed by atoms with Crippen molar-refractivity contribution in [1.29, 1.82) is 0 Å². The van der Waals surface area contributed by atoms with Crippen molar-refractivity contribution in [3.8, 4) is 0 Å². The quantitative estimate of drug-likeness (QED) is 0.545. The minimum absolute atomic E-state index is 0.133. The summed E-state index contributed by atoms with van der Waals surface area (Å²) in [5.74, 6) is -0.723. The summed E-state index contributed by atoms with van der Waals surface area (Å²) >= 11 is 0. The van der Waals surface area contributed by atoms with Crippen LogP contribution in [0.15, 0.2) is 43.0 Å². The minimum Gasteiger partial charge on any atom is -0.466 e. The lowest BCUT2D eigenvalue weighted by Gasteiger charge is -2.28. The van der Waals surface area contributed by atoms with Crippen LogP contribution in [0.25, 0.3) is 0 Å². The van der Waals surface area contributed by atoms with Crippen LogP contribution in [0.1, 0.15) is 32.3 Å². The van der Waals surface area contributed by atoms with E-state index < -0.39 is 11.4 Å². The van der Waals surface area contributed by atoms with Crippen LogP contribution in [0.3, 0.4) is 0 Å². The molecule has 1 atom stereocenters. The molecule has 1 aromatic carbocycles. The van der Waals surface area contributed by atoms with E-state index in [-0.39, 0.29) is 25.4 Å². The predicted molar refractivity (Wildman–Crippen MR) is 80.8 cm³/mol. The summed E-state index contributed by atoms with van der Waals surface area (Å²) in [7, 11) is 0. The highest BCUT2D eigenvalue weighted by Gasteiger charge is 2.39. The molecule has 0 radical (unpaired) electrons. The third-order valence-electron chi connectivity index (χ3n) is 3.31. The SMILES string of the molecule is C=C[C@@](CCC(=O)OCC)(C(=O)OCC)c1ccccc1. The summed E-state index contributed by atoms with van der Waals surface area (Å²) < 4.78 is 10.1. The second-order valence-electron chi connectivity index (χ2n) is 4.57. The molecule has 0 saturated heterocycles. The van der Waals surface area contributed by atoms with Crippen LogP contribution < -0.4 is 0 Å². The van der Waals surface area contributed by atoms with Crippen molar-refractivity contribution in [2.75, 3.05) is 13.2 Å². The fourth-order valence-electron chi connectivity index (χ4n) is 2.20. The number of esters is 2. The van der Waals surface area contributed by atoms with Crippen molar-refractivity contribution in [1.82, 2.24) is 0 Å². The van der Waals surface area contributed by atoms with E-state index >= 15 is 0 Å². The summed E-state index contributed by atoms with van der Waals surface area (Å²) in [6, 6.07) is 9.23. The summed E-state index contributed by atoms with van der Waals surface area (Å²) in [5, 5.41) is 0. The Balaban J connectivity index is 3.06. The average molecular weight is 290 g/mol. The molecular formula is C17H22O4. The van der Waals surface area contributed by atoms with E-state index in [4.69, 9.17) is 9.47 Å². The molecule has 0 fully saturated rings. The number of hydrogen-bond donors (Lipinski definition) is 0. The number of carbonyl (C=O) groups excluding carboxylic acids is 2. The van der Waals surface area contributed by atoms with E-state index in [1.807, 2.05) is 30.3 Å². The number of benzene rings is 1. The van der Waals surface area contributed by atoms with Gasteiger partial charge in [0.1, 0.15) is 5.41 Å². The molecule has 21 heavy (non-hydrogen) atoms. The Morgan fingerprint density at radius 1 is 1.14 bits per heavy atom. The summed E-state index contributed by atoms with van der Waals surface area (Å²) in [6.07, 6.45) is 1.96. The molecule has 0 N–H and O–H groups in total. The first-order valence-corrected chi connectivity index (χ1v) is 7.12. The van der Waals surface area contributed by atoms with E-state index in [0.717, 1.165) is 5.56 Å². The molecular weight excluding hydrogens is 268 g/mol. The molecule has 1 rings (SSSR count). The molecule has 0 saturated carbocycles. The third-order valence-corrected chi connectivity index (χ3v) is 3.31. The molecule has 0 aliphatic carbocycles. The number of rotatable bonds is 8. The van der Waals surface area contributed by atoms with Gasteiger partial charge in [-0.05, 0) is 25.8 Å². The normalized spacial score (nSPS) is 13.0. The molecule has 0 aromatic heterocycles. The lowest BCUT2D eigenvalue weighted by atomic mass is 9.76. The topological polar surface area (TPSA) is 52.6 Å². The maximum Gasteiger partial charge on any atom is 0.320 e. The van der Waals surface area contributed by atoms with E-state index in [0.29, 0.717) is 6.61 Å². The van der Waals surface area contributed by atoms with E-state index in [9.17, 15) is 9.59 Å². The monoisotopic (exact) mass is 290 g/mol. The Hall–Kier alpha value is -2.10. The fourth-order valence-corrected chi connectivity index (χ4v) is 2.20. The number of ether oxygens (including phenoxy) is 2. The zero-order chi connectivity index (χ0) is 15.7. The van der Waals surface area contributed by atoms with Gasteiger partial charge in [0.15, 0.2) is 0 Å². The first kappa shape index (κ1) is 17.0. The van der Waals surface area contributed by atoms with Gasteiger partial charge in [0.2, 0.25) is 0 Å². The van der Waals surface area contributed by atoms with Gasteiger partial charge in [-0.15, -0.1) is 6.58 Å². The smallest absolute Gasteiger partial charge is 0.320 e. The molecule has 0 aliphatic heterocycles. The Morgan fingerprint density at radius 3 is 2.29 bits per heavy atom. The summed E-state index contributed by atoms with van der Waals surface area (Å²) in [4.78, 5) is 24.0. The number of carbonyl (C=O) groups is 2. The Kier molecular flexibility index (Phi) is 6.66. The maximum absolute atomic E-state index is 12.4.